The van der Waals surface area contributed by atoms with Gasteiger partial charge in [0.2, 0.25) is 5.09 Å². The summed E-state index contributed by atoms with van der Waals surface area (Å²) >= 11 is 0. The van der Waals surface area contributed by atoms with E-state index >= 15 is 0 Å². The number of sulfonamides is 1. The van der Waals surface area contributed by atoms with Gasteiger partial charge in [0.15, 0.2) is 5.82 Å². The molecule has 0 fully saturated rings. The Hall–Kier alpha value is -1.76. The summed E-state index contributed by atoms with van der Waals surface area (Å²) < 4.78 is 34.3. The Bertz CT molecular complexity index is 486. The second-order valence-corrected chi connectivity index (χ2v) is 4.04. The number of furan rings is 1. The van der Waals surface area contributed by atoms with Crippen LogP contribution in [-0.2, 0) is 10.0 Å². The predicted octanol–water partition coefficient (Wildman–Crippen LogP) is 1.07. The van der Waals surface area contributed by atoms with Crippen molar-refractivity contribution in [2.24, 2.45) is 0 Å². The second kappa shape index (κ2) is 3.18. The van der Waals surface area contributed by atoms with Crippen molar-refractivity contribution in [3.8, 4) is 0 Å². The van der Waals surface area contributed by atoms with Crippen LogP contribution in [0.4, 0.5) is 5.82 Å². The van der Waals surface area contributed by atoms with Gasteiger partial charge in [-0.25, -0.2) is 0 Å². The molecule has 0 aliphatic rings. The molecule has 0 aliphatic carbocycles. The van der Waals surface area contributed by atoms with Gasteiger partial charge < -0.3 is 8.94 Å². The summed E-state index contributed by atoms with van der Waals surface area (Å²) in [6, 6.07) is 4.21. The first kappa shape index (κ1) is 8.82. The first-order valence-electron chi connectivity index (χ1n) is 3.65. The van der Waals surface area contributed by atoms with Crippen molar-refractivity contribution in [3.63, 3.8) is 0 Å². The number of nitrogens with zero attached hydrogens (tertiary/aromatic N) is 1. The molecule has 14 heavy (non-hydrogen) atoms. The van der Waals surface area contributed by atoms with Crippen LogP contribution in [-0.4, -0.2) is 13.6 Å². The average Bonchev–Trinajstić information content (AvgIpc) is 2.71. The highest BCUT2D eigenvalue weighted by atomic mass is 32.2. The van der Waals surface area contributed by atoms with Gasteiger partial charge in [0.25, 0.3) is 10.0 Å². The molecule has 0 amide bonds. The minimum Gasteiger partial charge on any atom is -0.451 e. The zero-order valence-corrected chi connectivity index (χ0v) is 7.69. The summed E-state index contributed by atoms with van der Waals surface area (Å²) in [5, 5.41) is 3.24. The van der Waals surface area contributed by atoms with Gasteiger partial charge in [-0.2, -0.15) is 8.42 Å². The Kier molecular flexibility index (Phi) is 2.01. The smallest absolute Gasteiger partial charge is 0.296 e. The van der Waals surface area contributed by atoms with Crippen molar-refractivity contribution in [3.05, 3.63) is 30.7 Å². The third kappa shape index (κ3) is 1.62. The maximum absolute atomic E-state index is 11.5. The molecule has 0 saturated carbocycles. The fourth-order valence-corrected chi connectivity index (χ4v) is 1.79. The van der Waals surface area contributed by atoms with Crippen LogP contribution in [0.15, 0.2) is 44.8 Å². The van der Waals surface area contributed by atoms with Crippen molar-refractivity contribution in [1.29, 1.82) is 0 Å². The molecule has 6 nitrogen and oxygen atoms in total. The maximum atomic E-state index is 11.5. The lowest BCUT2D eigenvalue weighted by atomic mass is 10.7. The maximum Gasteiger partial charge on any atom is 0.296 e. The van der Waals surface area contributed by atoms with E-state index < -0.39 is 10.0 Å². The molecule has 2 aromatic heterocycles. The summed E-state index contributed by atoms with van der Waals surface area (Å²) in [5.74, 6) is 0.112. The highest BCUT2D eigenvalue weighted by Crippen LogP contribution is 2.13. The van der Waals surface area contributed by atoms with E-state index in [1.807, 2.05) is 0 Å². The lowest BCUT2D eigenvalue weighted by molar-refractivity contribution is 0.422. The lowest BCUT2D eigenvalue weighted by Crippen LogP contribution is -2.12. The molecule has 2 rings (SSSR count). The van der Waals surface area contributed by atoms with Gasteiger partial charge in [0.1, 0.15) is 6.26 Å². The van der Waals surface area contributed by atoms with E-state index in [9.17, 15) is 8.42 Å². The Morgan fingerprint density at radius 3 is 2.71 bits per heavy atom. The quantitative estimate of drug-likeness (QED) is 0.825. The first-order valence-corrected chi connectivity index (χ1v) is 5.13. The van der Waals surface area contributed by atoms with Crippen molar-refractivity contribution in [2.75, 3.05) is 4.72 Å². The van der Waals surface area contributed by atoms with E-state index in [4.69, 9.17) is 4.42 Å². The van der Waals surface area contributed by atoms with Gasteiger partial charge >= 0.3 is 0 Å². The minimum absolute atomic E-state index is 0.112. The highest BCUT2D eigenvalue weighted by Gasteiger charge is 2.17. The fraction of sp³-hybridized carbons (Fsp3) is 0. The Labute approximate surface area is 79.6 Å². The van der Waals surface area contributed by atoms with E-state index in [2.05, 4.69) is 14.4 Å². The van der Waals surface area contributed by atoms with Crippen molar-refractivity contribution < 1.29 is 17.4 Å². The molecule has 2 heterocycles. The van der Waals surface area contributed by atoms with E-state index in [-0.39, 0.29) is 10.9 Å². The molecule has 0 unspecified atom stereocenters. The van der Waals surface area contributed by atoms with E-state index in [0.29, 0.717) is 0 Å². The average molecular weight is 214 g/mol. The van der Waals surface area contributed by atoms with Gasteiger partial charge in [-0.05, 0) is 12.1 Å². The van der Waals surface area contributed by atoms with Crippen LogP contribution >= 0.6 is 0 Å². The molecule has 1 N–H and O–H groups in total. The SMILES string of the molecule is O=S(=O)(Nc1ccon1)c1ccco1. The summed E-state index contributed by atoms with van der Waals surface area (Å²) in [4.78, 5) is 0. The summed E-state index contributed by atoms with van der Waals surface area (Å²) in [5.41, 5.74) is 0. The number of hydrogen-bond donors (Lipinski definition) is 1. The fourth-order valence-electron chi connectivity index (χ4n) is 0.870. The lowest BCUT2D eigenvalue weighted by Gasteiger charge is -1.99. The Morgan fingerprint density at radius 1 is 1.29 bits per heavy atom. The number of hydrogen-bond acceptors (Lipinski definition) is 5. The molecular formula is C7H6N2O4S. The van der Waals surface area contributed by atoms with Crippen LogP contribution in [0.5, 0.6) is 0 Å². The molecule has 0 aliphatic heterocycles. The third-order valence-corrected chi connectivity index (χ3v) is 2.68. The summed E-state index contributed by atoms with van der Waals surface area (Å²) in [6.07, 6.45) is 2.54. The zero-order valence-electron chi connectivity index (χ0n) is 6.88. The topological polar surface area (TPSA) is 85.3 Å². The molecule has 7 heteroatoms. The first-order chi connectivity index (χ1) is 6.68. The second-order valence-electron chi connectivity index (χ2n) is 2.42. The molecule has 0 bridgehead atoms. The molecule has 0 saturated heterocycles. The van der Waals surface area contributed by atoms with Crippen molar-refractivity contribution in [2.45, 2.75) is 5.09 Å². The molecule has 74 valence electrons. The van der Waals surface area contributed by atoms with Crippen LogP contribution in [0, 0.1) is 0 Å². The number of rotatable bonds is 3. The van der Waals surface area contributed by atoms with Crippen LogP contribution < -0.4 is 4.72 Å². The van der Waals surface area contributed by atoms with Crippen LogP contribution in [0.2, 0.25) is 0 Å². The number of aromatic nitrogens is 1. The van der Waals surface area contributed by atoms with Gasteiger partial charge in [0, 0.05) is 6.07 Å². The normalized spacial score (nSPS) is 11.4. The van der Waals surface area contributed by atoms with Crippen LogP contribution in [0.25, 0.3) is 0 Å². The predicted molar refractivity (Wildman–Crippen MR) is 46.0 cm³/mol. The molecule has 0 atom stereocenters. The van der Waals surface area contributed by atoms with Crippen molar-refractivity contribution in [1.82, 2.24) is 5.16 Å². The summed E-state index contributed by atoms with van der Waals surface area (Å²) in [7, 11) is -3.68. The van der Waals surface area contributed by atoms with Gasteiger partial charge in [0.05, 0.1) is 6.26 Å². The highest BCUT2D eigenvalue weighted by molar-refractivity contribution is 7.92. The minimum atomic E-state index is -3.68. The molecule has 0 radical (unpaired) electrons. The largest absolute Gasteiger partial charge is 0.451 e. The number of anilines is 1. The third-order valence-electron chi connectivity index (χ3n) is 1.44. The van der Waals surface area contributed by atoms with Gasteiger partial charge in [-0.1, -0.05) is 5.16 Å². The monoisotopic (exact) mass is 214 g/mol. The van der Waals surface area contributed by atoms with Gasteiger partial charge in [-0.3, -0.25) is 4.72 Å². The zero-order chi connectivity index (χ0) is 10.0. The van der Waals surface area contributed by atoms with Crippen molar-refractivity contribution >= 4 is 15.8 Å². The van der Waals surface area contributed by atoms with Crippen LogP contribution in [0.1, 0.15) is 0 Å². The van der Waals surface area contributed by atoms with E-state index in [1.165, 1.54) is 30.7 Å². The Morgan fingerprint density at radius 2 is 2.14 bits per heavy atom. The standard InChI is InChI=1S/C7H6N2O4S/c10-14(11,7-2-1-4-12-7)9-6-3-5-13-8-6/h1-5H,(H,8,9). The van der Waals surface area contributed by atoms with E-state index in [1.54, 1.807) is 0 Å². The molecule has 0 aromatic carbocycles. The summed E-state index contributed by atoms with van der Waals surface area (Å²) in [6.45, 7) is 0. The number of nitrogens with one attached hydrogen (secondary N) is 1. The molecule has 2 aromatic rings. The Balaban J connectivity index is 2.27. The van der Waals surface area contributed by atoms with Gasteiger partial charge in [-0.15, -0.1) is 0 Å². The molecular weight excluding hydrogens is 208 g/mol. The molecule has 0 spiro atoms. The van der Waals surface area contributed by atoms with E-state index in [0.717, 1.165) is 0 Å². The van der Waals surface area contributed by atoms with Crippen LogP contribution in [0.3, 0.4) is 0 Å².